The fourth-order valence-electron chi connectivity index (χ4n) is 4.86. The number of fused-ring (bicyclic) bond motifs is 1. The number of amides is 1. The first-order chi connectivity index (χ1) is 17.4. The maximum absolute atomic E-state index is 11.5. The molecule has 1 saturated heterocycles. The van der Waals surface area contributed by atoms with Crippen LogP contribution in [0.1, 0.15) is 35.6 Å². The van der Waals surface area contributed by atoms with Crippen LogP contribution in [0, 0.1) is 17.3 Å². The summed E-state index contributed by atoms with van der Waals surface area (Å²) in [5, 5.41) is 12.2. The lowest BCUT2D eigenvalue weighted by Gasteiger charge is -2.42. The van der Waals surface area contributed by atoms with Gasteiger partial charge >= 0.3 is 0 Å². The van der Waals surface area contributed by atoms with Crippen LogP contribution < -0.4 is 21.7 Å². The number of halogens is 1. The van der Waals surface area contributed by atoms with Gasteiger partial charge in [-0.15, -0.1) is 10.2 Å². The molecule has 11 heteroatoms. The van der Waals surface area contributed by atoms with E-state index in [1.165, 1.54) is 17.3 Å². The first-order valence-electron chi connectivity index (χ1n) is 11.5. The lowest BCUT2D eigenvalue weighted by Crippen LogP contribution is -2.45. The van der Waals surface area contributed by atoms with Crippen molar-refractivity contribution in [2.45, 2.75) is 35.2 Å². The van der Waals surface area contributed by atoms with Crippen LogP contribution in [0.25, 0.3) is 0 Å². The lowest BCUT2D eigenvalue weighted by atomic mass is 9.73. The van der Waals surface area contributed by atoms with Gasteiger partial charge in [-0.05, 0) is 54.0 Å². The van der Waals surface area contributed by atoms with Crippen molar-refractivity contribution in [2.75, 3.05) is 30.8 Å². The normalized spacial score (nSPS) is 17.9. The van der Waals surface area contributed by atoms with Crippen LogP contribution in [0.15, 0.2) is 46.6 Å². The van der Waals surface area contributed by atoms with E-state index in [4.69, 9.17) is 23.1 Å². The van der Waals surface area contributed by atoms with E-state index in [0.29, 0.717) is 16.0 Å². The molecule has 3 heterocycles. The smallest absolute Gasteiger partial charge is 0.295 e. The highest BCUT2D eigenvalue weighted by Gasteiger charge is 2.46. The lowest BCUT2D eigenvalue weighted by molar-refractivity contribution is -0.115. The molecule has 0 unspecified atom stereocenters. The van der Waals surface area contributed by atoms with Gasteiger partial charge < -0.3 is 21.7 Å². The van der Waals surface area contributed by atoms with Crippen LogP contribution >= 0.6 is 23.4 Å². The third-order valence-electron chi connectivity index (χ3n) is 6.90. The summed E-state index contributed by atoms with van der Waals surface area (Å²) >= 11 is 7.57. The molecule has 1 atom stereocenters. The van der Waals surface area contributed by atoms with E-state index < -0.39 is 0 Å². The predicted molar refractivity (Wildman–Crippen MR) is 140 cm³/mol. The molecule has 184 valence electrons. The largest absolute Gasteiger partial charge is 0.382 e. The van der Waals surface area contributed by atoms with Gasteiger partial charge in [-0.3, -0.25) is 4.79 Å². The van der Waals surface area contributed by atoms with Gasteiger partial charge in [0.05, 0.1) is 11.2 Å². The zero-order valence-electron chi connectivity index (χ0n) is 19.7. The molecule has 9 nitrogen and oxygen atoms in total. The van der Waals surface area contributed by atoms with E-state index in [0.717, 1.165) is 48.4 Å². The van der Waals surface area contributed by atoms with E-state index in [1.54, 1.807) is 25.5 Å². The number of carbonyl (C=O) groups excluding carboxylic acids is 1. The molecule has 1 amide bonds. The van der Waals surface area contributed by atoms with E-state index in [-0.39, 0.29) is 23.2 Å². The number of nitrogens with zero attached hydrogens (tertiary/aromatic N) is 5. The second kappa shape index (κ2) is 9.93. The number of rotatable bonds is 3. The van der Waals surface area contributed by atoms with Gasteiger partial charge in [-0.25, -0.2) is 9.97 Å². The summed E-state index contributed by atoms with van der Waals surface area (Å²) in [5.74, 6) is 6.09. The SMILES string of the molecule is CNC(=O)C#Cc1ccc2c(c1)[C@@H](N)C1(CCN(c3ncc(Sc4ccnc(N)c4Cl)nn3)CC1)C2. The van der Waals surface area contributed by atoms with Gasteiger partial charge in [0.2, 0.25) is 5.95 Å². The molecule has 2 aliphatic rings. The van der Waals surface area contributed by atoms with E-state index in [2.05, 4.69) is 48.3 Å². The number of pyridine rings is 1. The topological polar surface area (TPSA) is 136 Å². The average Bonchev–Trinajstić information content (AvgIpc) is 3.16. The van der Waals surface area contributed by atoms with Crippen molar-refractivity contribution in [3.05, 3.63) is 58.4 Å². The summed E-state index contributed by atoms with van der Waals surface area (Å²) in [6.45, 7) is 1.60. The Bertz CT molecular complexity index is 1360. The summed E-state index contributed by atoms with van der Waals surface area (Å²) in [4.78, 5) is 22.9. The standard InChI is InChI=1S/C25H25ClN8OS/c1-29-19(35)5-3-15-2-4-16-13-25(22(27)17(16)12-15)7-10-34(11-8-25)24-31-14-20(32-33-24)36-18-6-9-30-23(28)21(18)26/h2,4,6,9,12,14,22H,7-8,10-11,13,27H2,1H3,(H2,28,30)(H,29,35)/t22-/m1/s1. The Morgan fingerprint density at radius 3 is 2.78 bits per heavy atom. The molecule has 36 heavy (non-hydrogen) atoms. The predicted octanol–water partition coefficient (Wildman–Crippen LogP) is 2.59. The molecule has 1 aliphatic heterocycles. The number of nitrogens with one attached hydrogen (secondary N) is 1. The molecular weight excluding hydrogens is 496 g/mol. The minimum atomic E-state index is -0.308. The summed E-state index contributed by atoms with van der Waals surface area (Å²) in [5.41, 5.74) is 15.7. The third-order valence-corrected chi connectivity index (χ3v) is 8.36. The average molecular weight is 521 g/mol. The number of piperidine rings is 1. The van der Waals surface area contributed by atoms with Crippen LogP contribution in [-0.4, -0.2) is 46.2 Å². The molecule has 0 bridgehead atoms. The molecule has 1 aromatic carbocycles. The Balaban J connectivity index is 1.24. The second-order valence-corrected chi connectivity index (χ2v) is 10.4. The molecule has 3 aromatic rings. The van der Waals surface area contributed by atoms with Gasteiger partial charge in [0.15, 0.2) is 0 Å². The number of nitrogen functional groups attached to an aromatic ring is 1. The number of hydrogen-bond donors (Lipinski definition) is 3. The Hall–Kier alpha value is -3.39. The molecule has 5 N–H and O–H groups in total. The van der Waals surface area contributed by atoms with Crippen molar-refractivity contribution < 1.29 is 4.79 Å². The zero-order valence-corrected chi connectivity index (χ0v) is 21.2. The van der Waals surface area contributed by atoms with E-state index in [1.807, 2.05) is 12.1 Å². The maximum atomic E-state index is 11.5. The van der Waals surface area contributed by atoms with Gasteiger partial charge in [-0.2, -0.15) is 0 Å². The Labute approximate surface area is 218 Å². The molecule has 5 rings (SSSR count). The summed E-state index contributed by atoms with van der Waals surface area (Å²) in [7, 11) is 1.56. The summed E-state index contributed by atoms with van der Waals surface area (Å²) < 4.78 is 0. The number of carbonyl (C=O) groups is 1. The van der Waals surface area contributed by atoms with Gasteiger partial charge in [0, 0.05) is 48.8 Å². The number of benzene rings is 1. The number of aromatic nitrogens is 4. The fourth-order valence-corrected chi connectivity index (χ4v) is 5.82. The zero-order chi connectivity index (χ0) is 25.3. The van der Waals surface area contributed by atoms with Crippen molar-refractivity contribution in [3.8, 4) is 11.8 Å². The van der Waals surface area contributed by atoms with Crippen molar-refractivity contribution in [1.29, 1.82) is 0 Å². The van der Waals surface area contributed by atoms with Gasteiger partial charge in [0.1, 0.15) is 10.8 Å². The molecule has 0 radical (unpaired) electrons. The Morgan fingerprint density at radius 2 is 2.06 bits per heavy atom. The van der Waals surface area contributed by atoms with Crippen molar-refractivity contribution in [3.63, 3.8) is 0 Å². The number of hydrogen-bond acceptors (Lipinski definition) is 9. The van der Waals surface area contributed by atoms with Gasteiger partial charge in [0.25, 0.3) is 5.91 Å². The summed E-state index contributed by atoms with van der Waals surface area (Å²) in [6.07, 6.45) is 6.09. The van der Waals surface area contributed by atoms with Gasteiger partial charge in [-0.1, -0.05) is 35.3 Å². The Morgan fingerprint density at radius 1 is 1.25 bits per heavy atom. The molecule has 1 spiro atoms. The molecular formula is C25H25ClN8OS. The van der Waals surface area contributed by atoms with Crippen molar-refractivity contribution in [2.24, 2.45) is 11.1 Å². The molecule has 2 aromatic heterocycles. The van der Waals surface area contributed by atoms with E-state index >= 15 is 0 Å². The van der Waals surface area contributed by atoms with Crippen molar-refractivity contribution in [1.82, 2.24) is 25.5 Å². The fraction of sp³-hybridized carbons (Fsp3) is 0.320. The molecule has 0 saturated carbocycles. The van der Waals surface area contributed by atoms with Crippen LogP contribution in [0.2, 0.25) is 5.02 Å². The van der Waals surface area contributed by atoms with Crippen LogP contribution in [-0.2, 0) is 11.2 Å². The minimum Gasteiger partial charge on any atom is -0.382 e. The molecule has 1 aliphatic carbocycles. The van der Waals surface area contributed by atoms with Crippen LogP contribution in [0.4, 0.5) is 11.8 Å². The summed E-state index contributed by atoms with van der Waals surface area (Å²) in [6, 6.07) is 7.79. The highest BCUT2D eigenvalue weighted by Crippen LogP contribution is 2.51. The quantitative estimate of drug-likeness (QED) is 0.445. The third kappa shape index (κ3) is 4.69. The van der Waals surface area contributed by atoms with Crippen molar-refractivity contribution >= 4 is 41.0 Å². The van der Waals surface area contributed by atoms with Crippen LogP contribution in [0.3, 0.4) is 0 Å². The van der Waals surface area contributed by atoms with Crippen LogP contribution in [0.5, 0.6) is 0 Å². The molecule has 1 fully saturated rings. The number of nitrogens with two attached hydrogens (primary N) is 2. The highest BCUT2D eigenvalue weighted by molar-refractivity contribution is 7.99. The first-order valence-corrected chi connectivity index (χ1v) is 12.7. The first kappa shape index (κ1) is 24.3. The van der Waals surface area contributed by atoms with E-state index in [9.17, 15) is 4.79 Å². The second-order valence-electron chi connectivity index (χ2n) is 8.95. The maximum Gasteiger partial charge on any atom is 0.295 e. The Kier molecular flexibility index (Phi) is 6.71. The number of anilines is 2. The highest BCUT2D eigenvalue weighted by atomic mass is 35.5. The monoisotopic (exact) mass is 520 g/mol. The minimum absolute atomic E-state index is 0.00702.